The first-order valence-corrected chi connectivity index (χ1v) is 7.45. The van der Waals surface area contributed by atoms with Crippen LogP contribution in [0, 0.1) is 11.3 Å². The summed E-state index contributed by atoms with van der Waals surface area (Å²) in [5, 5.41) is 12.0. The van der Waals surface area contributed by atoms with Crippen molar-refractivity contribution in [3.8, 4) is 11.8 Å². The molecule has 120 valence electrons. The summed E-state index contributed by atoms with van der Waals surface area (Å²) in [6, 6.07) is 7.03. The van der Waals surface area contributed by atoms with Crippen LogP contribution in [0.15, 0.2) is 18.2 Å². The maximum atomic E-state index is 12.5. The Kier molecular flexibility index (Phi) is 6.87. The van der Waals surface area contributed by atoms with Crippen molar-refractivity contribution >= 4 is 11.6 Å². The van der Waals surface area contributed by atoms with E-state index in [0.717, 1.165) is 19.3 Å². The number of carbonyl (C=O) groups excluding carboxylic acids is 1. The minimum Gasteiger partial charge on any atom is -0.497 e. The maximum absolute atomic E-state index is 12.5. The highest BCUT2D eigenvalue weighted by atomic mass is 16.5. The van der Waals surface area contributed by atoms with Crippen LogP contribution in [0.5, 0.6) is 5.75 Å². The van der Waals surface area contributed by atoms with Crippen molar-refractivity contribution in [2.24, 2.45) is 0 Å². The number of anilines is 1. The number of nitrogens with one attached hydrogen (secondary N) is 1. The predicted molar refractivity (Wildman–Crippen MR) is 85.9 cm³/mol. The van der Waals surface area contributed by atoms with Crippen molar-refractivity contribution < 1.29 is 14.3 Å². The summed E-state index contributed by atoms with van der Waals surface area (Å²) in [6.45, 7) is 3.88. The van der Waals surface area contributed by atoms with Crippen LogP contribution < -0.4 is 10.1 Å². The molecule has 0 radical (unpaired) electrons. The Balaban J connectivity index is 2.88. The number of nitriles is 1. The van der Waals surface area contributed by atoms with E-state index in [9.17, 15) is 10.1 Å². The topological polar surface area (TPSA) is 71.3 Å². The zero-order valence-electron chi connectivity index (χ0n) is 13.7. The molecule has 1 amide bonds. The molecule has 1 atom stereocenters. The van der Waals surface area contributed by atoms with Crippen LogP contribution >= 0.6 is 0 Å². The maximum Gasteiger partial charge on any atom is 0.256 e. The SMILES string of the molecule is CCCCC[C@@](C)(OC)C(=O)Nc1ccc(OC)cc1C#N. The second-order valence-electron chi connectivity index (χ2n) is 5.37. The number of methoxy groups -OCH3 is 2. The van der Waals surface area contributed by atoms with Crippen LogP contribution in [0.3, 0.4) is 0 Å². The highest BCUT2D eigenvalue weighted by Crippen LogP contribution is 2.25. The number of unbranched alkanes of at least 4 members (excludes halogenated alkanes) is 2. The summed E-state index contributed by atoms with van der Waals surface area (Å²) in [7, 11) is 3.06. The standard InChI is InChI=1S/C17H24N2O3/c1-5-6-7-10-17(2,22-4)16(20)19-15-9-8-14(21-3)11-13(15)12-18/h8-9,11H,5-7,10H2,1-4H3,(H,19,20)/t17-/m1/s1. The number of benzene rings is 1. The Bertz CT molecular complexity index is 551. The fraction of sp³-hybridized carbons (Fsp3) is 0.529. The molecule has 0 aliphatic carbocycles. The molecule has 22 heavy (non-hydrogen) atoms. The first-order valence-electron chi connectivity index (χ1n) is 7.45. The molecule has 1 aromatic carbocycles. The number of hydrogen-bond donors (Lipinski definition) is 1. The highest BCUT2D eigenvalue weighted by Gasteiger charge is 2.32. The zero-order chi connectivity index (χ0) is 16.6. The molecule has 0 bridgehead atoms. The van der Waals surface area contributed by atoms with Crippen molar-refractivity contribution in [2.75, 3.05) is 19.5 Å². The molecule has 0 aliphatic rings. The number of nitrogens with zero attached hydrogens (tertiary/aromatic N) is 1. The lowest BCUT2D eigenvalue weighted by Gasteiger charge is -2.27. The lowest BCUT2D eigenvalue weighted by atomic mass is 9.96. The van der Waals surface area contributed by atoms with E-state index in [1.807, 2.05) is 0 Å². The summed E-state index contributed by atoms with van der Waals surface area (Å²) in [4.78, 5) is 12.5. The average Bonchev–Trinajstić information content (AvgIpc) is 2.55. The van der Waals surface area contributed by atoms with Gasteiger partial charge in [0.1, 0.15) is 17.4 Å². The van der Waals surface area contributed by atoms with E-state index in [1.54, 1.807) is 25.1 Å². The van der Waals surface area contributed by atoms with Crippen LogP contribution in [0.2, 0.25) is 0 Å². The lowest BCUT2D eigenvalue weighted by molar-refractivity contribution is -0.136. The van der Waals surface area contributed by atoms with Crippen molar-refractivity contribution in [3.63, 3.8) is 0 Å². The Morgan fingerprint density at radius 2 is 2.09 bits per heavy atom. The predicted octanol–water partition coefficient (Wildman–Crippen LogP) is 3.49. The van der Waals surface area contributed by atoms with Crippen LogP contribution in [0.25, 0.3) is 0 Å². The molecule has 0 aromatic heterocycles. The molecule has 5 heteroatoms. The molecule has 0 spiro atoms. The van der Waals surface area contributed by atoms with E-state index in [1.165, 1.54) is 14.2 Å². The third-order valence-electron chi connectivity index (χ3n) is 3.78. The van der Waals surface area contributed by atoms with Crippen molar-refractivity contribution in [1.82, 2.24) is 0 Å². The van der Waals surface area contributed by atoms with Crippen LogP contribution in [-0.4, -0.2) is 25.7 Å². The molecule has 0 aliphatic heterocycles. The fourth-order valence-corrected chi connectivity index (χ4v) is 2.13. The third kappa shape index (κ3) is 4.47. The van der Waals surface area contributed by atoms with Crippen LogP contribution in [-0.2, 0) is 9.53 Å². The van der Waals surface area contributed by atoms with Gasteiger partial charge in [0.25, 0.3) is 5.91 Å². The van der Waals surface area contributed by atoms with Gasteiger partial charge < -0.3 is 14.8 Å². The van der Waals surface area contributed by atoms with E-state index >= 15 is 0 Å². The summed E-state index contributed by atoms with van der Waals surface area (Å²) < 4.78 is 10.5. The first-order chi connectivity index (χ1) is 10.5. The summed E-state index contributed by atoms with van der Waals surface area (Å²) >= 11 is 0. The van der Waals surface area contributed by atoms with Gasteiger partial charge in [0, 0.05) is 7.11 Å². The zero-order valence-corrected chi connectivity index (χ0v) is 13.7. The summed E-state index contributed by atoms with van der Waals surface area (Å²) in [5.74, 6) is 0.333. The van der Waals surface area contributed by atoms with Crippen LogP contribution in [0.4, 0.5) is 5.69 Å². The quantitative estimate of drug-likeness (QED) is 0.746. The fourth-order valence-electron chi connectivity index (χ4n) is 2.13. The van der Waals surface area contributed by atoms with Gasteiger partial charge in [0.2, 0.25) is 0 Å². The molecule has 5 nitrogen and oxygen atoms in total. The molecule has 1 rings (SSSR count). The molecule has 1 N–H and O–H groups in total. The summed E-state index contributed by atoms with van der Waals surface area (Å²) in [5.41, 5.74) is -0.0752. The van der Waals surface area contributed by atoms with Gasteiger partial charge in [0.15, 0.2) is 0 Å². The van der Waals surface area contributed by atoms with E-state index in [2.05, 4.69) is 18.3 Å². The van der Waals surface area contributed by atoms with Crippen molar-refractivity contribution in [2.45, 2.75) is 45.1 Å². The van der Waals surface area contributed by atoms with Gasteiger partial charge in [-0.1, -0.05) is 26.2 Å². The number of hydrogen-bond acceptors (Lipinski definition) is 4. The molecule has 0 heterocycles. The Hall–Kier alpha value is -2.06. The van der Waals surface area contributed by atoms with E-state index in [-0.39, 0.29) is 5.91 Å². The molecule has 0 unspecified atom stereocenters. The average molecular weight is 304 g/mol. The normalized spacial score (nSPS) is 13.0. The molecular weight excluding hydrogens is 280 g/mol. The van der Waals surface area contributed by atoms with Gasteiger partial charge in [-0.15, -0.1) is 0 Å². The highest BCUT2D eigenvalue weighted by molar-refractivity contribution is 5.98. The number of carbonyl (C=O) groups is 1. The van der Waals surface area contributed by atoms with Gasteiger partial charge in [-0.3, -0.25) is 4.79 Å². The number of ether oxygens (including phenoxy) is 2. The minimum absolute atomic E-state index is 0.243. The van der Waals surface area contributed by atoms with Crippen LogP contribution in [0.1, 0.15) is 45.1 Å². The number of amides is 1. The molecule has 0 fully saturated rings. The molecular formula is C17H24N2O3. The lowest BCUT2D eigenvalue weighted by Crippen LogP contribution is -2.42. The number of rotatable bonds is 8. The van der Waals surface area contributed by atoms with Gasteiger partial charge in [0.05, 0.1) is 18.4 Å². The van der Waals surface area contributed by atoms with E-state index in [0.29, 0.717) is 23.4 Å². The monoisotopic (exact) mass is 304 g/mol. The molecule has 0 saturated heterocycles. The van der Waals surface area contributed by atoms with Gasteiger partial charge in [-0.2, -0.15) is 5.26 Å². The molecule has 0 saturated carbocycles. The van der Waals surface area contributed by atoms with E-state index < -0.39 is 5.60 Å². The Morgan fingerprint density at radius 3 is 2.64 bits per heavy atom. The van der Waals surface area contributed by atoms with Gasteiger partial charge >= 0.3 is 0 Å². The first kappa shape index (κ1) is 18.0. The Labute approximate surface area is 132 Å². The van der Waals surface area contributed by atoms with E-state index in [4.69, 9.17) is 9.47 Å². The smallest absolute Gasteiger partial charge is 0.256 e. The summed E-state index contributed by atoms with van der Waals surface area (Å²) in [6.07, 6.45) is 3.69. The van der Waals surface area contributed by atoms with Gasteiger partial charge in [-0.25, -0.2) is 0 Å². The van der Waals surface area contributed by atoms with Crippen molar-refractivity contribution in [3.05, 3.63) is 23.8 Å². The third-order valence-corrected chi connectivity index (χ3v) is 3.78. The largest absolute Gasteiger partial charge is 0.497 e. The Morgan fingerprint density at radius 1 is 1.36 bits per heavy atom. The minimum atomic E-state index is -0.901. The second kappa shape index (κ2) is 8.40. The molecule has 1 aromatic rings. The van der Waals surface area contributed by atoms with Gasteiger partial charge in [-0.05, 0) is 31.5 Å². The van der Waals surface area contributed by atoms with Crippen molar-refractivity contribution in [1.29, 1.82) is 5.26 Å². The second-order valence-corrected chi connectivity index (χ2v) is 5.37.